The summed E-state index contributed by atoms with van der Waals surface area (Å²) in [6.45, 7) is 8.71. The van der Waals surface area contributed by atoms with Gasteiger partial charge in [0.15, 0.2) is 0 Å². The number of aromatic nitrogens is 3. The van der Waals surface area contributed by atoms with Gasteiger partial charge in [0, 0.05) is 55.8 Å². The maximum Gasteiger partial charge on any atom is 0.254 e. The van der Waals surface area contributed by atoms with E-state index in [1.54, 1.807) is 12.4 Å². The molecule has 3 rings (SSSR count). The third-order valence-electron chi connectivity index (χ3n) is 4.70. The number of hydrogen-bond acceptors (Lipinski definition) is 6. The number of rotatable bonds is 8. The van der Waals surface area contributed by atoms with Crippen LogP contribution >= 0.6 is 0 Å². The van der Waals surface area contributed by atoms with E-state index in [-0.39, 0.29) is 5.91 Å². The molecule has 29 heavy (non-hydrogen) atoms. The summed E-state index contributed by atoms with van der Waals surface area (Å²) in [6, 6.07) is 9.98. The lowest BCUT2D eigenvalue weighted by Crippen LogP contribution is -2.23. The molecule has 0 unspecified atom stereocenters. The van der Waals surface area contributed by atoms with Gasteiger partial charge in [0.25, 0.3) is 5.91 Å². The van der Waals surface area contributed by atoms with Gasteiger partial charge < -0.3 is 15.5 Å². The summed E-state index contributed by atoms with van der Waals surface area (Å²) in [7, 11) is 0. The lowest BCUT2D eigenvalue weighted by atomic mass is 10.1. The van der Waals surface area contributed by atoms with Crippen molar-refractivity contribution in [2.24, 2.45) is 0 Å². The minimum atomic E-state index is -0.215. The average molecular weight is 390 g/mol. The smallest absolute Gasteiger partial charge is 0.254 e. The van der Waals surface area contributed by atoms with Gasteiger partial charge in [-0.1, -0.05) is 0 Å². The Bertz CT molecular complexity index is 939. The Kier molecular flexibility index (Phi) is 6.73. The van der Waals surface area contributed by atoms with Crippen molar-refractivity contribution in [3.8, 4) is 0 Å². The first-order valence-electron chi connectivity index (χ1n) is 9.72. The van der Waals surface area contributed by atoms with Crippen molar-refractivity contribution >= 4 is 23.2 Å². The van der Waals surface area contributed by atoms with Crippen molar-refractivity contribution < 1.29 is 4.79 Å². The molecule has 0 spiro atoms. The third-order valence-corrected chi connectivity index (χ3v) is 4.70. The Morgan fingerprint density at radius 1 is 1.03 bits per heavy atom. The molecule has 1 aromatic carbocycles. The maximum atomic E-state index is 12.3. The first-order chi connectivity index (χ1) is 14.1. The van der Waals surface area contributed by atoms with Gasteiger partial charge in [-0.15, -0.1) is 0 Å². The summed E-state index contributed by atoms with van der Waals surface area (Å²) in [5.41, 5.74) is 4.64. The van der Waals surface area contributed by atoms with Crippen LogP contribution in [0, 0.1) is 6.92 Å². The molecule has 150 valence electrons. The van der Waals surface area contributed by atoms with Crippen molar-refractivity contribution in [2.75, 3.05) is 23.3 Å². The summed E-state index contributed by atoms with van der Waals surface area (Å²) in [5, 5.41) is 6.07. The van der Waals surface area contributed by atoms with Gasteiger partial charge in [-0.05, 0) is 62.2 Å². The molecule has 2 heterocycles. The average Bonchev–Trinajstić information content (AvgIpc) is 2.76. The van der Waals surface area contributed by atoms with Crippen LogP contribution in [0.3, 0.4) is 0 Å². The van der Waals surface area contributed by atoms with Crippen molar-refractivity contribution in [3.05, 3.63) is 71.8 Å². The Morgan fingerprint density at radius 3 is 2.34 bits per heavy atom. The number of aryl methyl sites for hydroxylation is 1. The van der Waals surface area contributed by atoms with Crippen LogP contribution in [-0.2, 0) is 6.54 Å². The maximum absolute atomic E-state index is 12.3. The standard InChI is InChI=1S/C22H26N6O/c1-4-28(5-2)19-6-7-20(16(3)12-19)27-22-25-14-18(15-26-22)21(29)24-13-17-8-10-23-11-9-17/h6-12,14-15H,4-5,13H2,1-3H3,(H,24,29)(H,25,26,27). The zero-order valence-corrected chi connectivity index (χ0v) is 17.0. The number of hydrogen-bond donors (Lipinski definition) is 2. The van der Waals surface area contributed by atoms with Crippen molar-refractivity contribution in [1.29, 1.82) is 0 Å². The molecule has 0 aliphatic heterocycles. The van der Waals surface area contributed by atoms with Crippen LogP contribution in [-0.4, -0.2) is 33.9 Å². The summed E-state index contributed by atoms with van der Waals surface area (Å²) < 4.78 is 0. The van der Waals surface area contributed by atoms with Crippen LogP contribution in [0.5, 0.6) is 0 Å². The molecule has 0 aliphatic rings. The normalized spacial score (nSPS) is 10.4. The van der Waals surface area contributed by atoms with E-state index in [0.717, 1.165) is 29.9 Å². The predicted molar refractivity (Wildman–Crippen MR) is 115 cm³/mol. The van der Waals surface area contributed by atoms with Gasteiger partial charge in [0.05, 0.1) is 5.56 Å². The molecule has 0 fully saturated rings. The molecule has 0 radical (unpaired) electrons. The quantitative estimate of drug-likeness (QED) is 0.610. The van der Waals surface area contributed by atoms with Gasteiger partial charge in [0.1, 0.15) is 0 Å². The summed E-state index contributed by atoms with van der Waals surface area (Å²) >= 11 is 0. The first-order valence-corrected chi connectivity index (χ1v) is 9.72. The van der Waals surface area contributed by atoms with E-state index in [9.17, 15) is 4.79 Å². The molecule has 7 nitrogen and oxygen atoms in total. The van der Waals surface area contributed by atoms with Crippen molar-refractivity contribution in [1.82, 2.24) is 20.3 Å². The molecule has 2 N–H and O–H groups in total. The first kappa shape index (κ1) is 20.3. The highest BCUT2D eigenvalue weighted by Gasteiger charge is 2.09. The largest absolute Gasteiger partial charge is 0.372 e. The van der Waals surface area contributed by atoms with E-state index in [1.807, 2.05) is 18.2 Å². The van der Waals surface area contributed by atoms with E-state index in [4.69, 9.17) is 0 Å². The zero-order chi connectivity index (χ0) is 20.6. The van der Waals surface area contributed by atoms with Crippen LogP contribution in [0.25, 0.3) is 0 Å². The molecular weight excluding hydrogens is 364 g/mol. The molecule has 0 saturated heterocycles. The third kappa shape index (κ3) is 5.28. The Balaban J connectivity index is 1.62. The molecule has 7 heteroatoms. The van der Waals surface area contributed by atoms with E-state index in [1.165, 1.54) is 18.1 Å². The number of nitrogens with zero attached hydrogens (tertiary/aromatic N) is 4. The molecule has 0 bridgehead atoms. The number of amides is 1. The second-order valence-electron chi connectivity index (χ2n) is 6.63. The predicted octanol–water partition coefficient (Wildman–Crippen LogP) is 3.70. The fraction of sp³-hybridized carbons (Fsp3) is 0.273. The minimum Gasteiger partial charge on any atom is -0.372 e. The van der Waals surface area contributed by atoms with Crippen LogP contribution in [0.4, 0.5) is 17.3 Å². The Labute approximate surface area is 171 Å². The summed E-state index contributed by atoms with van der Waals surface area (Å²) in [4.78, 5) is 27.1. The number of carbonyl (C=O) groups is 1. The Hall–Kier alpha value is -3.48. The number of benzene rings is 1. The highest BCUT2D eigenvalue weighted by molar-refractivity contribution is 5.93. The fourth-order valence-electron chi connectivity index (χ4n) is 2.99. The zero-order valence-electron chi connectivity index (χ0n) is 17.0. The number of pyridine rings is 1. The van der Waals surface area contributed by atoms with Gasteiger partial charge in [0.2, 0.25) is 5.95 Å². The monoisotopic (exact) mass is 390 g/mol. The Morgan fingerprint density at radius 2 is 1.72 bits per heavy atom. The topological polar surface area (TPSA) is 83.0 Å². The molecular formula is C22H26N6O. The molecule has 2 aromatic heterocycles. The highest BCUT2D eigenvalue weighted by Crippen LogP contribution is 2.24. The molecule has 3 aromatic rings. The molecule has 0 atom stereocenters. The second kappa shape index (κ2) is 9.64. The lowest BCUT2D eigenvalue weighted by Gasteiger charge is -2.22. The SMILES string of the molecule is CCN(CC)c1ccc(Nc2ncc(C(=O)NCc3ccncc3)cn2)c(C)c1. The van der Waals surface area contributed by atoms with Gasteiger partial charge >= 0.3 is 0 Å². The van der Waals surface area contributed by atoms with Crippen LogP contribution < -0.4 is 15.5 Å². The van der Waals surface area contributed by atoms with Crippen molar-refractivity contribution in [2.45, 2.75) is 27.3 Å². The number of nitrogens with one attached hydrogen (secondary N) is 2. The molecule has 0 saturated carbocycles. The van der Waals surface area contributed by atoms with E-state index >= 15 is 0 Å². The molecule has 1 amide bonds. The van der Waals surface area contributed by atoms with Crippen LogP contribution in [0.1, 0.15) is 35.3 Å². The number of anilines is 3. The molecule has 0 aliphatic carbocycles. The minimum absolute atomic E-state index is 0.215. The number of carbonyl (C=O) groups excluding carboxylic acids is 1. The van der Waals surface area contributed by atoms with E-state index < -0.39 is 0 Å². The second-order valence-corrected chi connectivity index (χ2v) is 6.63. The van der Waals surface area contributed by atoms with Gasteiger partial charge in [-0.25, -0.2) is 9.97 Å². The summed E-state index contributed by atoms with van der Waals surface area (Å²) in [6.07, 6.45) is 6.44. The van der Waals surface area contributed by atoms with Gasteiger partial charge in [-0.2, -0.15) is 0 Å². The van der Waals surface area contributed by atoms with E-state index in [0.29, 0.717) is 18.1 Å². The highest BCUT2D eigenvalue weighted by atomic mass is 16.1. The fourth-order valence-corrected chi connectivity index (χ4v) is 2.99. The summed E-state index contributed by atoms with van der Waals surface area (Å²) in [5.74, 6) is 0.238. The van der Waals surface area contributed by atoms with E-state index in [2.05, 4.69) is 63.4 Å². The lowest BCUT2D eigenvalue weighted by molar-refractivity contribution is 0.0950. The van der Waals surface area contributed by atoms with Crippen LogP contribution in [0.15, 0.2) is 55.1 Å². The van der Waals surface area contributed by atoms with Crippen molar-refractivity contribution in [3.63, 3.8) is 0 Å². The van der Waals surface area contributed by atoms with Crippen LogP contribution in [0.2, 0.25) is 0 Å². The van der Waals surface area contributed by atoms with Gasteiger partial charge in [-0.3, -0.25) is 9.78 Å².